The lowest BCUT2D eigenvalue weighted by molar-refractivity contribution is -0.142. The fraction of sp³-hybridized carbons (Fsp3) is 0.625. The van der Waals surface area contributed by atoms with Crippen molar-refractivity contribution in [3.8, 4) is 11.6 Å². The molecular weight excluding hydrogens is 819 g/mol. The van der Waals surface area contributed by atoms with Crippen molar-refractivity contribution in [2.75, 3.05) is 51.0 Å². The third-order valence-corrected chi connectivity index (χ3v) is 16.4. The average molecular weight is 874 g/mol. The number of carboxylic acid groups (broad SMARTS) is 1. The lowest BCUT2D eigenvalue weighted by Crippen LogP contribution is -2.59. The molecule has 4 N–H and O–H groups in total. The highest BCUT2D eigenvalue weighted by Crippen LogP contribution is 2.48. The van der Waals surface area contributed by atoms with Gasteiger partial charge in [0.1, 0.15) is 29.5 Å². The Morgan fingerprint density at radius 3 is 2.40 bits per heavy atom. The monoisotopic (exact) mass is 873 g/mol. The van der Waals surface area contributed by atoms with E-state index < -0.39 is 84.2 Å². The largest absolute Gasteiger partial charge is 0.497 e. The van der Waals surface area contributed by atoms with E-state index >= 15 is 0 Å². The summed E-state index contributed by atoms with van der Waals surface area (Å²) in [7, 11) is -5.86. The number of fused-ring (bicyclic) bond motifs is 3. The molecule has 0 unspecified atom stereocenters. The van der Waals surface area contributed by atoms with Crippen LogP contribution in [0.3, 0.4) is 0 Å². The maximum atomic E-state index is 14.6. The molecule has 7 atom stereocenters. The quantitative estimate of drug-likeness (QED) is 0.265. The predicted octanol–water partition coefficient (Wildman–Crippen LogP) is 2.20. The Morgan fingerprint density at radius 1 is 1.03 bits per heavy atom. The van der Waals surface area contributed by atoms with Crippen LogP contribution in [-0.4, -0.2) is 135 Å². The maximum Gasteiger partial charge on any atom is 0.405 e. The summed E-state index contributed by atoms with van der Waals surface area (Å²) in [4.78, 5) is 63.2. The molecule has 4 amide bonds. The van der Waals surface area contributed by atoms with Gasteiger partial charge < -0.3 is 35.0 Å². The molecule has 18 nitrogen and oxygen atoms in total. The highest BCUT2D eigenvalue weighted by Gasteiger charge is 2.63. The molecule has 2 saturated heterocycles. The number of sulfonamides is 2. The van der Waals surface area contributed by atoms with Crippen LogP contribution in [0.5, 0.6) is 11.6 Å². The first kappa shape index (κ1) is 43.4. The predicted molar refractivity (Wildman–Crippen MR) is 221 cm³/mol. The van der Waals surface area contributed by atoms with Gasteiger partial charge in [-0.05, 0) is 75.5 Å². The second-order valence-electron chi connectivity index (χ2n) is 17.4. The lowest BCUT2D eigenvalue weighted by Gasteiger charge is -2.35. The van der Waals surface area contributed by atoms with Crippen molar-refractivity contribution in [2.45, 2.75) is 94.2 Å². The number of rotatable bonds is 9. The number of allylic oxidation sites excluding steroid dienone is 1. The Kier molecular flexibility index (Phi) is 11.8. The number of nitrogens with one attached hydrogen (secondary N) is 3. The molecule has 0 spiro atoms. The van der Waals surface area contributed by atoms with E-state index in [1.54, 1.807) is 39.3 Å². The van der Waals surface area contributed by atoms with Crippen LogP contribution >= 0.6 is 0 Å². The minimum atomic E-state index is -4.04. The van der Waals surface area contributed by atoms with Crippen LogP contribution in [0.2, 0.25) is 0 Å². The fourth-order valence-electron chi connectivity index (χ4n) is 8.80. The molecular formula is C40H55N7O11S2. The molecule has 2 saturated carbocycles. The van der Waals surface area contributed by atoms with Gasteiger partial charge in [-0.1, -0.05) is 26.0 Å². The van der Waals surface area contributed by atoms with Crippen molar-refractivity contribution < 1.29 is 50.6 Å². The Morgan fingerprint density at radius 2 is 1.75 bits per heavy atom. The average Bonchev–Trinajstić information content (AvgIpc) is 4.07. The number of nitrogens with zero attached hydrogens (tertiary/aromatic N) is 4. The molecule has 2 aromatic rings. The minimum absolute atomic E-state index is 0.0503. The molecule has 20 heteroatoms. The first-order chi connectivity index (χ1) is 28.2. The van der Waals surface area contributed by atoms with Crippen LogP contribution in [0.25, 0.3) is 10.8 Å². The van der Waals surface area contributed by atoms with Gasteiger partial charge in [-0.25, -0.2) is 26.6 Å². The second-order valence-corrected chi connectivity index (χ2v) is 21.6. The zero-order valence-electron chi connectivity index (χ0n) is 34.5. The van der Waals surface area contributed by atoms with Gasteiger partial charge in [0.2, 0.25) is 37.7 Å². The summed E-state index contributed by atoms with van der Waals surface area (Å²) in [6.07, 6.45) is 7.12. The summed E-state index contributed by atoms with van der Waals surface area (Å²) in [5.41, 5.74) is -0.852. The third-order valence-electron chi connectivity index (χ3n) is 12.9. The normalized spacial score (nSPS) is 30.5. The van der Waals surface area contributed by atoms with E-state index in [0.717, 1.165) is 11.1 Å². The highest BCUT2D eigenvalue weighted by atomic mass is 32.2. The van der Waals surface area contributed by atoms with Gasteiger partial charge in [-0.3, -0.25) is 19.1 Å². The minimum Gasteiger partial charge on any atom is -0.497 e. The van der Waals surface area contributed by atoms with E-state index in [9.17, 15) is 41.1 Å². The number of hydrogen-bond acceptors (Lipinski definition) is 12. The molecule has 328 valence electrons. The van der Waals surface area contributed by atoms with Crippen LogP contribution in [0.4, 0.5) is 10.5 Å². The summed E-state index contributed by atoms with van der Waals surface area (Å²) in [6.45, 7) is 6.68. The second kappa shape index (κ2) is 16.3. The third kappa shape index (κ3) is 8.72. The zero-order valence-corrected chi connectivity index (χ0v) is 36.2. The Labute approximate surface area is 350 Å². The number of methoxy groups -OCH3 is 1. The van der Waals surface area contributed by atoms with Crippen LogP contribution in [0.15, 0.2) is 36.5 Å². The first-order valence-electron chi connectivity index (χ1n) is 20.4. The molecule has 7 rings (SSSR count). The van der Waals surface area contributed by atoms with Gasteiger partial charge in [0.15, 0.2) is 0 Å². The standard InChI is InChI=1S/C40H55N7O11S2/c1-24-8-6-7-9-26-21-40(26,37(50)44-60(55,56)39(3)12-13-39)43-34(48)31-20-28(23-47(31)36(49)33(25(2)18-24)42-38(51)52)58-35-29-11-10-27(57-4)19-30(29)32(22-41-35)45-14-16-46(17-15-45)59(5,53)54/h7,9-11,19,22,24-26,28,31,33,42H,6,8,12-18,20-21,23H2,1-5H3,(H,43,48)(H,44,50)(H,51,52)/b9-7-/t24-,25-,26-,28-,31+,33+,40-/m1/s1. The van der Waals surface area contributed by atoms with Gasteiger partial charge in [0, 0.05) is 49.3 Å². The Bertz CT molecular complexity index is 2300. The number of aromatic nitrogens is 1. The van der Waals surface area contributed by atoms with Crippen molar-refractivity contribution >= 4 is 60.3 Å². The van der Waals surface area contributed by atoms with Crippen molar-refractivity contribution in [1.82, 2.24) is 29.5 Å². The number of piperazine rings is 1. The van der Waals surface area contributed by atoms with E-state index in [0.29, 0.717) is 69.4 Å². The first-order valence-corrected chi connectivity index (χ1v) is 23.8. The van der Waals surface area contributed by atoms with E-state index in [1.807, 2.05) is 30.0 Å². The Hall–Kier alpha value is -4.69. The molecule has 0 radical (unpaired) electrons. The molecule has 1 aromatic heterocycles. The van der Waals surface area contributed by atoms with E-state index in [2.05, 4.69) is 20.3 Å². The van der Waals surface area contributed by atoms with E-state index in [-0.39, 0.29) is 31.2 Å². The number of carbonyl (C=O) groups excluding carboxylic acids is 3. The summed E-state index contributed by atoms with van der Waals surface area (Å²) in [5.74, 6) is -2.26. The van der Waals surface area contributed by atoms with Gasteiger partial charge in [0.05, 0.1) is 36.5 Å². The van der Waals surface area contributed by atoms with Gasteiger partial charge in [0.25, 0.3) is 5.91 Å². The molecule has 4 heterocycles. The van der Waals surface area contributed by atoms with Gasteiger partial charge in [-0.15, -0.1) is 0 Å². The van der Waals surface area contributed by atoms with Crippen molar-refractivity contribution in [1.29, 1.82) is 0 Å². The molecule has 60 heavy (non-hydrogen) atoms. The zero-order chi connectivity index (χ0) is 43.4. The molecule has 0 bridgehead atoms. The molecule has 1 aromatic carbocycles. The van der Waals surface area contributed by atoms with E-state index in [1.165, 1.54) is 15.5 Å². The number of carbonyl (C=O) groups is 4. The summed E-state index contributed by atoms with van der Waals surface area (Å²) in [5, 5.41) is 16.4. The lowest BCUT2D eigenvalue weighted by atomic mass is 9.88. The van der Waals surface area contributed by atoms with Gasteiger partial charge in [-0.2, -0.15) is 4.31 Å². The van der Waals surface area contributed by atoms with Gasteiger partial charge >= 0.3 is 6.09 Å². The van der Waals surface area contributed by atoms with Crippen molar-refractivity contribution in [2.24, 2.45) is 17.8 Å². The number of anilines is 1. The topological polar surface area (TPSA) is 234 Å². The smallest absolute Gasteiger partial charge is 0.405 e. The Balaban J connectivity index is 1.21. The fourth-order valence-corrected chi connectivity index (χ4v) is 10.9. The number of amides is 4. The summed E-state index contributed by atoms with van der Waals surface area (Å²) < 4.78 is 65.5. The maximum absolute atomic E-state index is 14.6. The molecule has 3 aliphatic heterocycles. The van der Waals surface area contributed by atoms with Crippen molar-refractivity contribution in [3.05, 3.63) is 36.5 Å². The van der Waals surface area contributed by atoms with Crippen LogP contribution in [-0.2, 0) is 34.4 Å². The number of pyridine rings is 1. The number of ether oxygens (including phenoxy) is 2. The molecule has 5 aliphatic rings. The molecule has 4 fully saturated rings. The molecule has 2 aliphatic carbocycles. The summed E-state index contributed by atoms with van der Waals surface area (Å²) in [6, 6.07) is 2.94. The SMILES string of the molecule is COc1ccc2c(O[C@@H]3C[C@H]4C(=O)N[C@]5(C(=O)NS(=O)(=O)C6(C)CC6)C[C@H]5/C=C\CC[C@@H](C)C[C@@H](C)[C@H](NC(=O)O)C(=O)N4C3)ncc(N3CCN(S(C)(=O)=O)CC3)c2c1. The highest BCUT2D eigenvalue weighted by molar-refractivity contribution is 7.91. The van der Waals surface area contributed by atoms with Crippen LogP contribution in [0, 0.1) is 17.8 Å². The van der Waals surface area contributed by atoms with Crippen molar-refractivity contribution in [3.63, 3.8) is 0 Å². The van der Waals surface area contributed by atoms with Crippen LogP contribution < -0.4 is 29.7 Å². The number of benzene rings is 1. The number of hydrogen-bond donors (Lipinski definition) is 4. The van der Waals surface area contributed by atoms with Crippen LogP contribution in [0.1, 0.15) is 65.7 Å². The summed E-state index contributed by atoms with van der Waals surface area (Å²) >= 11 is 0. The van der Waals surface area contributed by atoms with E-state index in [4.69, 9.17) is 9.47 Å².